The van der Waals surface area contributed by atoms with E-state index in [1.807, 2.05) is 26.8 Å². The summed E-state index contributed by atoms with van der Waals surface area (Å²) < 4.78 is 2.22. The SMILES string of the molecule is CC.Cc1c(C#N)c2ccc(O)cc2n1C1CCC1. The van der Waals surface area contributed by atoms with Crippen molar-refractivity contribution in [2.75, 3.05) is 0 Å². The summed E-state index contributed by atoms with van der Waals surface area (Å²) in [6.45, 7) is 5.99. The van der Waals surface area contributed by atoms with Crippen molar-refractivity contribution in [3.05, 3.63) is 29.5 Å². The Morgan fingerprint density at radius 1 is 1.32 bits per heavy atom. The quantitative estimate of drug-likeness (QED) is 0.828. The molecule has 2 aromatic rings. The minimum atomic E-state index is 0.264. The molecular weight excluding hydrogens is 236 g/mol. The first kappa shape index (κ1) is 13.5. The van der Waals surface area contributed by atoms with Gasteiger partial charge >= 0.3 is 0 Å². The first-order chi connectivity index (χ1) is 9.22. The summed E-state index contributed by atoms with van der Waals surface area (Å²) >= 11 is 0. The third-order valence-electron chi connectivity index (χ3n) is 3.78. The van der Waals surface area contributed by atoms with Crippen LogP contribution in [0.25, 0.3) is 10.9 Å². The van der Waals surface area contributed by atoms with Crippen molar-refractivity contribution in [2.45, 2.75) is 46.1 Å². The zero-order valence-corrected chi connectivity index (χ0v) is 11.8. The smallest absolute Gasteiger partial charge is 0.117 e. The summed E-state index contributed by atoms with van der Waals surface area (Å²) in [5, 5.41) is 19.8. The first-order valence-corrected chi connectivity index (χ1v) is 6.96. The topological polar surface area (TPSA) is 48.9 Å². The molecule has 0 bridgehead atoms. The molecule has 0 radical (unpaired) electrons. The van der Waals surface area contributed by atoms with Crippen LogP contribution < -0.4 is 0 Å². The van der Waals surface area contributed by atoms with Crippen LogP contribution in [0.4, 0.5) is 0 Å². The fourth-order valence-corrected chi connectivity index (χ4v) is 2.68. The predicted molar refractivity (Wildman–Crippen MR) is 77.3 cm³/mol. The summed E-state index contributed by atoms with van der Waals surface area (Å²) in [5.74, 6) is 0.264. The largest absolute Gasteiger partial charge is 0.508 e. The summed E-state index contributed by atoms with van der Waals surface area (Å²) in [7, 11) is 0. The number of fused-ring (bicyclic) bond motifs is 1. The minimum Gasteiger partial charge on any atom is -0.508 e. The van der Waals surface area contributed by atoms with Crippen LogP contribution in [0.3, 0.4) is 0 Å². The molecule has 1 aliphatic carbocycles. The maximum Gasteiger partial charge on any atom is 0.117 e. The average molecular weight is 256 g/mol. The van der Waals surface area contributed by atoms with Gasteiger partial charge in [-0.05, 0) is 38.3 Å². The molecule has 0 saturated heterocycles. The maximum absolute atomic E-state index is 9.60. The van der Waals surface area contributed by atoms with Crippen molar-refractivity contribution in [1.29, 1.82) is 5.26 Å². The van der Waals surface area contributed by atoms with E-state index in [1.54, 1.807) is 12.1 Å². The van der Waals surface area contributed by atoms with Gasteiger partial charge in [-0.25, -0.2) is 0 Å². The van der Waals surface area contributed by atoms with Gasteiger partial charge in [0.25, 0.3) is 0 Å². The molecule has 0 spiro atoms. The Morgan fingerprint density at radius 2 is 2.00 bits per heavy atom. The van der Waals surface area contributed by atoms with Crippen LogP contribution in [-0.2, 0) is 0 Å². The molecule has 0 aliphatic heterocycles. The Labute approximate surface area is 114 Å². The molecule has 0 atom stereocenters. The van der Waals surface area contributed by atoms with Gasteiger partial charge in [-0.3, -0.25) is 0 Å². The highest BCUT2D eigenvalue weighted by atomic mass is 16.3. The molecule has 1 aromatic carbocycles. The number of phenols is 1. The number of nitrogens with zero attached hydrogens (tertiary/aromatic N) is 2. The van der Waals surface area contributed by atoms with Gasteiger partial charge in [0.05, 0.1) is 11.1 Å². The van der Waals surface area contributed by atoms with Gasteiger partial charge in [-0.1, -0.05) is 13.8 Å². The fraction of sp³-hybridized carbons (Fsp3) is 0.438. The Balaban J connectivity index is 0.000000637. The van der Waals surface area contributed by atoms with Crippen molar-refractivity contribution >= 4 is 10.9 Å². The van der Waals surface area contributed by atoms with Gasteiger partial charge in [0.2, 0.25) is 0 Å². The number of phenolic OH excluding ortho intramolecular Hbond substituents is 1. The van der Waals surface area contributed by atoms with E-state index in [-0.39, 0.29) is 5.75 Å². The highest BCUT2D eigenvalue weighted by molar-refractivity contribution is 5.89. The van der Waals surface area contributed by atoms with E-state index in [1.165, 1.54) is 19.3 Å². The molecule has 1 aromatic heterocycles. The number of rotatable bonds is 1. The highest BCUT2D eigenvalue weighted by Gasteiger charge is 2.25. The zero-order valence-electron chi connectivity index (χ0n) is 11.8. The lowest BCUT2D eigenvalue weighted by Crippen LogP contribution is -2.17. The van der Waals surface area contributed by atoms with E-state index >= 15 is 0 Å². The van der Waals surface area contributed by atoms with Gasteiger partial charge in [0.1, 0.15) is 11.8 Å². The molecule has 3 nitrogen and oxygen atoms in total. The van der Waals surface area contributed by atoms with Crippen LogP contribution in [0.15, 0.2) is 18.2 Å². The van der Waals surface area contributed by atoms with E-state index < -0.39 is 0 Å². The van der Waals surface area contributed by atoms with E-state index in [0.717, 1.165) is 22.2 Å². The van der Waals surface area contributed by atoms with Crippen LogP contribution in [0.5, 0.6) is 5.75 Å². The number of nitriles is 1. The van der Waals surface area contributed by atoms with E-state index in [9.17, 15) is 10.4 Å². The number of benzene rings is 1. The van der Waals surface area contributed by atoms with E-state index in [0.29, 0.717) is 6.04 Å². The summed E-state index contributed by atoms with van der Waals surface area (Å²) in [5.41, 5.74) is 2.76. The second-order valence-electron chi connectivity index (χ2n) is 4.73. The van der Waals surface area contributed by atoms with Crippen molar-refractivity contribution < 1.29 is 5.11 Å². The molecule has 1 saturated carbocycles. The normalized spacial score (nSPS) is 14.4. The summed E-state index contributed by atoms with van der Waals surface area (Å²) in [6.07, 6.45) is 3.60. The second-order valence-corrected chi connectivity index (χ2v) is 4.73. The lowest BCUT2D eigenvalue weighted by Gasteiger charge is -2.29. The molecule has 1 N–H and O–H groups in total. The van der Waals surface area contributed by atoms with Crippen LogP contribution in [0.1, 0.15) is 50.4 Å². The van der Waals surface area contributed by atoms with Gasteiger partial charge in [-0.2, -0.15) is 5.26 Å². The van der Waals surface area contributed by atoms with Crippen LogP contribution >= 0.6 is 0 Å². The van der Waals surface area contributed by atoms with Crippen molar-refractivity contribution in [1.82, 2.24) is 4.57 Å². The third kappa shape index (κ3) is 2.08. The second kappa shape index (κ2) is 5.36. The number of hydrogen-bond acceptors (Lipinski definition) is 2. The number of hydrogen-bond donors (Lipinski definition) is 1. The van der Waals surface area contributed by atoms with Gasteiger partial charge in [-0.15, -0.1) is 0 Å². The van der Waals surface area contributed by atoms with E-state index in [4.69, 9.17) is 0 Å². The zero-order chi connectivity index (χ0) is 14.0. The van der Waals surface area contributed by atoms with Gasteiger partial charge in [0.15, 0.2) is 0 Å². The lowest BCUT2D eigenvalue weighted by molar-refractivity contribution is 0.317. The van der Waals surface area contributed by atoms with Gasteiger partial charge < -0.3 is 9.67 Å². The fourth-order valence-electron chi connectivity index (χ4n) is 2.68. The van der Waals surface area contributed by atoms with Crippen LogP contribution in [-0.4, -0.2) is 9.67 Å². The third-order valence-corrected chi connectivity index (χ3v) is 3.78. The molecule has 0 amide bonds. The minimum absolute atomic E-state index is 0.264. The van der Waals surface area contributed by atoms with Crippen LogP contribution in [0.2, 0.25) is 0 Å². The molecule has 1 aliphatic rings. The standard InChI is InChI=1S/C14H14N2O.C2H6/c1-9-13(8-15)12-6-5-11(17)7-14(12)16(9)10-3-2-4-10;1-2/h5-7,10,17H,2-4H2,1H3;1-2H3. The highest BCUT2D eigenvalue weighted by Crippen LogP contribution is 2.38. The van der Waals surface area contributed by atoms with Gasteiger partial charge in [0, 0.05) is 23.2 Å². The van der Waals surface area contributed by atoms with Crippen molar-refractivity contribution in [3.8, 4) is 11.8 Å². The Morgan fingerprint density at radius 3 is 2.53 bits per heavy atom. The summed E-state index contributed by atoms with van der Waals surface area (Å²) in [6, 6.07) is 8.03. The Kier molecular flexibility index (Phi) is 3.80. The van der Waals surface area contributed by atoms with E-state index in [2.05, 4.69) is 10.6 Å². The Hall–Kier alpha value is -1.95. The Bertz CT molecular complexity index is 630. The number of aromatic nitrogens is 1. The number of aromatic hydroxyl groups is 1. The average Bonchev–Trinajstić information content (AvgIpc) is 2.63. The monoisotopic (exact) mass is 256 g/mol. The first-order valence-electron chi connectivity index (χ1n) is 6.96. The molecule has 1 heterocycles. The van der Waals surface area contributed by atoms with Crippen LogP contribution in [0, 0.1) is 18.3 Å². The summed E-state index contributed by atoms with van der Waals surface area (Å²) in [4.78, 5) is 0. The molecule has 3 heteroatoms. The molecule has 100 valence electrons. The molecular formula is C16H20N2O. The van der Waals surface area contributed by atoms with Crippen molar-refractivity contribution in [2.24, 2.45) is 0 Å². The predicted octanol–water partition coefficient (Wildman–Crippen LogP) is 4.28. The molecule has 19 heavy (non-hydrogen) atoms. The van der Waals surface area contributed by atoms with Crippen molar-refractivity contribution in [3.63, 3.8) is 0 Å². The lowest BCUT2D eigenvalue weighted by atomic mass is 9.92. The molecule has 0 unspecified atom stereocenters. The maximum atomic E-state index is 9.60. The molecule has 3 rings (SSSR count). The molecule has 1 fully saturated rings.